The molecule has 1 aromatic rings. The van der Waals surface area contributed by atoms with Crippen LogP contribution >= 0.6 is 11.3 Å². The quantitative estimate of drug-likeness (QED) is 0.793. The molecule has 0 amide bonds. The Labute approximate surface area is 116 Å². The zero-order valence-electron chi connectivity index (χ0n) is 12.0. The maximum Gasteiger partial charge on any atom is 0.0162 e. The fourth-order valence-corrected chi connectivity index (χ4v) is 4.50. The first-order valence-corrected chi connectivity index (χ1v) is 8.45. The van der Waals surface area contributed by atoms with Crippen LogP contribution in [-0.4, -0.2) is 12.6 Å². The van der Waals surface area contributed by atoms with Crippen molar-refractivity contribution in [3.05, 3.63) is 21.9 Å². The second-order valence-corrected chi connectivity index (χ2v) is 6.65. The molecule has 0 aliphatic heterocycles. The molecule has 2 rings (SSSR count). The van der Waals surface area contributed by atoms with E-state index in [1.807, 2.05) is 11.3 Å². The summed E-state index contributed by atoms with van der Waals surface area (Å²) in [7, 11) is 0. The van der Waals surface area contributed by atoms with E-state index in [0.29, 0.717) is 6.04 Å². The lowest BCUT2D eigenvalue weighted by atomic mass is 9.77. The van der Waals surface area contributed by atoms with Crippen molar-refractivity contribution in [1.82, 2.24) is 5.32 Å². The van der Waals surface area contributed by atoms with E-state index in [-0.39, 0.29) is 0 Å². The number of nitrogens with one attached hydrogen (secondary N) is 1. The van der Waals surface area contributed by atoms with E-state index >= 15 is 0 Å². The van der Waals surface area contributed by atoms with Crippen LogP contribution < -0.4 is 5.32 Å². The lowest BCUT2D eigenvalue weighted by Crippen LogP contribution is -2.41. The summed E-state index contributed by atoms with van der Waals surface area (Å²) in [5.74, 6) is 1.53. The van der Waals surface area contributed by atoms with Crippen LogP contribution in [0, 0.1) is 5.92 Å². The number of likely N-dealkylation sites (N-methyl/N-ethyl adjacent to an activating group) is 1. The van der Waals surface area contributed by atoms with Gasteiger partial charge in [0.05, 0.1) is 0 Å². The van der Waals surface area contributed by atoms with Crippen molar-refractivity contribution in [2.24, 2.45) is 5.92 Å². The second kappa shape index (κ2) is 6.72. The minimum atomic E-state index is 0.670. The molecular formula is C16H27NS. The predicted octanol–water partition coefficient (Wildman–Crippen LogP) is 4.58. The lowest BCUT2D eigenvalue weighted by molar-refractivity contribution is 0.293. The third-order valence-electron chi connectivity index (χ3n) is 4.33. The van der Waals surface area contributed by atoms with Gasteiger partial charge in [-0.05, 0) is 55.2 Å². The molecule has 0 saturated heterocycles. The van der Waals surface area contributed by atoms with Crippen LogP contribution in [0.3, 0.4) is 0 Å². The van der Waals surface area contributed by atoms with Gasteiger partial charge in [-0.2, -0.15) is 0 Å². The Balaban J connectivity index is 2.17. The predicted molar refractivity (Wildman–Crippen MR) is 81.5 cm³/mol. The summed E-state index contributed by atoms with van der Waals surface area (Å²) in [6.45, 7) is 8.06. The third-order valence-corrected chi connectivity index (χ3v) is 5.33. The highest BCUT2D eigenvalue weighted by Gasteiger charge is 2.31. The van der Waals surface area contributed by atoms with Crippen LogP contribution in [-0.2, 0) is 6.42 Å². The van der Waals surface area contributed by atoms with Gasteiger partial charge < -0.3 is 5.32 Å². The van der Waals surface area contributed by atoms with E-state index in [0.717, 1.165) is 18.4 Å². The fraction of sp³-hybridized carbons (Fsp3) is 0.750. The van der Waals surface area contributed by atoms with Crippen molar-refractivity contribution >= 4 is 11.3 Å². The first-order chi connectivity index (χ1) is 8.77. The molecule has 0 bridgehead atoms. The summed E-state index contributed by atoms with van der Waals surface area (Å²) in [6.07, 6.45) is 6.69. The van der Waals surface area contributed by atoms with Crippen molar-refractivity contribution in [3.8, 4) is 0 Å². The Morgan fingerprint density at radius 2 is 2.28 bits per heavy atom. The van der Waals surface area contributed by atoms with Gasteiger partial charge in [0.15, 0.2) is 0 Å². The number of fused-ring (bicyclic) bond motifs is 1. The van der Waals surface area contributed by atoms with Crippen molar-refractivity contribution in [2.45, 2.75) is 64.8 Å². The number of hydrogen-bond donors (Lipinski definition) is 1. The van der Waals surface area contributed by atoms with Crippen molar-refractivity contribution in [1.29, 1.82) is 0 Å². The molecule has 3 unspecified atom stereocenters. The topological polar surface area (TPSA) is 12.0 Å². The van der Waals surface area contributed by atoms with E-state index in [9.17, 15) is 0 Å². The van der Waals surface area contributed by atoms with Gasteiger partial charge in [-0.15, -0.1) is 11.3 Å². The van der Waals surface area contributed by atoms with E-state index < -0.39 is 0 Å². The molecule has 1 aliphatic rings. The van der Waals surface area contributed by atoms with E-state index in [4.69, 9.17) is 0 Å². The smallest absolute Gasteiger partial charge is 0.0162 e. The molecule has 1 N–H and O–H groups in total. The Morgan fingerprint density at radius 3 is 3.00 bits per heavy atom. The molecule has 3 atom stereocenters. The molecule has 1 aliphatic carbocycles. The standard InChI is InChI=1S/C16H27NS/c1-4-7-12(3)16(17-5-2)14-8-6-9-15-13(14)10-11-18-15/h10-12,14,16-17H,4-9H2,1-3H3. The summed E-state index contributed by atoms with van der Waals surface area (Å²) in [4.78, 5) is 1.65. The Bertz CT molecular complexity index is 358. The molecular weight excluding hydrogens is 238 g/mol. The van der Waals surface area contributed by atoms with Crippen LogP contribution in [0.25, 0.3) is 0 Å². The first kappa shape index (κ1) is 14.1. The van der Waals surface area contributed by atoms with E-state index in [1.54, 1.807) is 10.4 Å². The van der Waals surface area contributed by atoms with E-state index in [1.165, 1.54) is 32.1 Å². The molecule has 18 heavy (non-hydrogen) atoms. The van der Waals surface area contributed by atoms with Gasteiger partial charge in [-0.25, -0.2) is 0 Å². The van der Waals surface area contributed by atoms with Gasteiger partial charge in [0.2, 0.25) is 0 Å². The molecule has 0 radical (unpaired) electrons. The molecule has 0 saturated carbocycles. The zero-order valence-corrected chi connectivity index (χ0v) is 12.9. The van der Waals surface area contributed by atoms with Gasteiger partial charge in [0, 0.05) is 16.8 Å². The number of aryl methyl sites for hydroxylation is 1. The van der Waals surface area contributed by atoms with Gasteiger partial charge in [0.25, 0.3) is 0 Å². The number of hydrogen-bond acceptors (Lipinski definition) is 2. The average Bonchev–Trinajstić information content (AvgIpc) is 2.84. The molecule has 2 heteroatoms. The van der Waals surface area contributed by atoms with Crippen LogP contribution in [0.4, 0.5) is 0 Å². The molecule has 102 valence electrons. The average molecular weight is 265 g/mol. The van der Waals surface area contributed by atoms with Crippen molar-refractivity contribution in [2.75, 3.05) is 6.54 Å². The Morgan fingerprint density at radius 1 is 1.44 bits per heavy atom. The summed E-state index contributed by atoms with van der Waals surface area (Å²) < 4.78 is 0. The molecule has 1 aromatic heterocycles. The molecule has 1 heterocycles. The van der Waals surface area contributed by atoms with Crippen LogP contribution in [0.2, 0.25) is 0 Å². The normalized spacial score (nSPS) is 22.5. The largest absolute Gasteiger partial charge is 0.313 e. The number of thiophene rings is 1. The zero-order chi connectivity index (χ0) is 13.0. The highest BCUT2D eigenvalue weighted by atomic mass is 32.1. The SMILES string of the molecule is CCCC(C)C(NCC)C1CCCc2sccc21. The maximum atomic E-state index is 3.77. The van der Waals surface area contributed by atoms with Gasteiger partial charge in [-0.3, -0.25) is 0 Å². The van der Waals surface area contributed by atoms with Crippen molar-refractivity contribution in [3.63, 3.8) is 0 Å². The van der Waals surface area contributed by atoms with Gasteiger partial charge in [-0.1, -0.05) is 27.2 Å². The highest BCUT2D eigenvalue weighted by Crippen LogP contribution is 2.39. The third kappa shape index (κ3) is 2.97. The Kier molecular flexibility index (Phi) is 5.25. The minimum absolute atomic E-state index is 0.670. The van der Waals surface area contributed by atoms with Crippen LogP contribution in [0.5, 0.6) is 0 Å². The first-order valence-electron chi connectivity index (χ1n) is 7.57. The highest BCUT2D eigenvalue weighted by molar-refractivity contribution is 7.10. The minimum Gasteiger partial charge on any atom is -0.313 e. The van der Waals surface area contributed by atoms with Gasteiger partial charge >= 0.3 is 0 Å². The monoisotopic (exact) mass is 265 g/mol. The molecule has 1 nitrogen and oxygen atoms in total. The molecule has 0 spiro atoms. The second-order valence-electron chi connectivity index (χ2n) is 5.65. The summed E-state index contributed by atoms with van der Waals surface area (Å²) in [5, 5.41) is 6.06. The molecule has 0 aromatic carbocycles. The molecule has 0 fully saturated rings. The maximum absolute atomic E-state index is 3.77. The van der Waals surface area contributed by atoms with E-state index in [2.05, 4.69) is 37.5 Å². The number of rotatable bonds is 6. The van der Waals surface area contributed by atoms with Crippen LogP contribution in [0.1, 0.15) is 62.8 Å². The fourth-order valence-electron chi connectivity index (χ4n) is 3.51. The van der Waals surface area contributed by atoms with Gasteiger partial charge in [0.1, 0.15) is 0 Å². The summed E-state index contributed by atoms with van der Waals surface area (Å²) in [6, 6.07) is 3.05. The summed E-state index contributed by atoms with van der Waals surface area (Å²) in [5.41, 5.74) is 1.65. The van der Waals surface area contributed by atoms with Crippen LogP contribution in [0.15, 0.2) is 11.4 Å². The Hall–Kier alpha value is -0.340. The summed E-state index contributed by atoms with van der Waals surface area (Å²) >= 11 is 1.96. The lowest BCUT2D eigenvalue weighted by Gasteiger charge is -2.35. The van der Waals surface area contributed by atoms with Crippen molar-refractivity contribution < 1.29 is 0 Å².